The summed E-state index contributed by atoms with van der Waals surface area (Å²) in [7, 11) is -1.34. The fourth-order valence-electron chi connectivity index (χ4n) is 3.16. The molecule has 0 amide bonds. The average molecular weight is 489 g/mol. The van der Waals surface area contributed by atoms with Crippen LogP contribution in [0, 0.1) is 12.7 Å². The van der Waals surface area contributed by atoms with Crippen LogP contribution in [0.15, 0.2) is 40.0 Å². The fourth-order valence-corrected chi connectivity index (χ4v) is 4.40. The Hall–Kier alpha value is -3.54. The first kappa shape index (κ1) is 23.6. The lowest BCUT2D eigenvalue weighted by atomic mass is 10.0. The normalized spacial score (nSPS) is 20.1. The van der Waals surface area contributed by atoms with Crippen LogP contribution in [-0.4, -0.2) is 40.7 Å². The second-order valence-corrected chi connectivity index (χ2v) is 10.1. The van der Waals surface area contributed by atoms with Crippen LogP contribution in [0.2, 0.25) is 0 Å². The molecule has 0 radical (unpaired) electrons. The van der Waals surface area contributed by atoms with Gasteiger partial charge in [0.15, 0.2) is 12.4 Å². The van der Waals surface area contributed by atoms with Gasteiger partial charge < -0.3 is 14.9 Å². The van der Waals surface area contributed by atoms with Crippen LogP contribution in [0.25, 0.3) is 11.9 Å². The number of nitrogens with two attached hydrogens (primary N) is 1. The Kier molecular flexibility index (Phi) is 6.51. The predicted molar refractivity (Wildman–Crippen MR) is 122 cm³/mol. The molecule has 34 heavy (non-hydrogen) atoms. The van der Waals surface area contributed by atoms with E-state index in [9.17, 15) is 13.0 Å². The number of hydrogen-bond acceptors (Lipinski definition) is 9. The largest absolute Gasteiger partial charge is 0.466 e. The number of aliphatic imine (C=N–C) groups is 1. The van der Waals surface area contributed by atoms with Crippen molar-refractivity contribution in [1.29, 1.82) is 0 Å². The minimum Gasteiger partial charge on any atom is -0.466 e. The molecule has 3 heterocycles. The van der Waals surface area contributed by atoms with Crippen molar-refractivity contribution in [1.82, 2.24) is 20.2 Å². The first-order valence-corrected chi connectivity index (χ1v) is 11.6. The molecule has 0 saturated heterocycles. The summed E-state index contributed by atoms with van der Waals surface area (Å²) in [5, 5.41) is 7.49. The lowest BCUT2D eigenvalue weighted by Gasteiger charge is -2.31. The standard InChI is InChI=1S/C22H22F2N6O3S/c1-12-29-30-20(33-12)10-32-19-9-26-17(8-27-19)16(24)7-13-4-5-15(23)14(6-13)18-11-34(31)22(2,3)21(25)28-18/h4-9,18H,10-11H2,1-3H3,(H2,25,28)/b16-7-. The highest BCUT2D eigenvalue weighted by Crippen LogP contribution is 2.32. The number of halogens is 2. The molecule has 9 nitrogen and oxygen atoms in total. The number of aromatic nitrogens is 4. The van der Waals surface area contributed by atoms with Crippen LogP contribution in [0.4, 0.5) is 8.78 Å². The summed E-state index contributed by atoms with van der Waals surface area (Å²) in [5.74, 6) is -0.0595. The van der Waals surface area contributed by atoms with Gasteiger partial charge in [0.2, 0.25) is 11.8 Å². The van der Waals surface area contributed by atoms with Crippen molar-refractivity contribution in [3.63, 3.8) is 0 Å². The van der Waals surface area contributed by atoms with Crippen LogP contribution < -0.4 is 10.5 Å². The smallest absolute Gasteiger partial charge is 0.253 e. The van der Waals surface area contributed by atoms with Gasteiger partial charge in [-0.2, -0.15) is 0 Å². The van der Waals surface area contributed by atoms with Gasteiger partial charge in [0.25, 0.3) is 5.89 Å². The Morgan fingerprint density at radius 2 is 2.12 bits per heavy atom. The van der Waals surface area contributed by atoms with Gasteiger partial charge in [-0.3, -0.25) is 9.20 Å². The van der Waals surface area contributed by atoms with Crippen LogP contribution in [0.3, 0.4) is 0 Å². The minimum absolute atomic E-state index is 0.00166. The Balaban J connectivity index is 1.50. The second-order valence-electron chi connectivity index (χ2n) is 8.07. The summed E-state index contributed by atoms with van der Waals surface area (Å²) in [5.41, 5.74) is 6.51. The average Bonchev–Trinajstić information content (AvgIpc) is 3.22. The van der Waals surface area contributed by atoms with Crippen molar-refractivity contribution in [2.45, 2.75) is 38.2 Å². The number of rotatable bonds is 6. The molecule has 0 aliphatic carbocycles. The lowest BCUT2D eigenvalue weighted by molar-refractivity contribution is 0.250. The molecule has 0 bridgehead atoms. The zero-order valence-corrected chi connectivity index (χ0v) is 19.5. The molecule has 1 aliphatic heterocycles. The molecule has 2 N–H and O–H groups in total. The van der Waals surface area contributed by atoms with Gasteiger partial charge in [-0.25, -0.2) is 18.7 Å². The highest BCUT2D eigenvalue weighted by Gasteiger charge is 2.37. The van der Waals surface area contributed by atoms with E-state index in [4.69, 9.17) is 14.9 Å². The number of ether oxygens (including phenoxy) is 1. The van der Waals surface area contributed by atoms with E-state index in [1.54, 1.807) is 20.8 Å². The Morgan fingerprint density at radius 3 is 2.76 bits per heavy atom. The van der Waals surface area contributed by atoms with Crippen molar-refractivity contribution in [2.24, 2.45) is 10.7 Å². The van der Waals surface area contributed by atoms with E-state index >= 15 is 0 Å². The van der Waals surface area contributed by atoms with E-state index in [1.807, 2.05) is 0 Å². The SMILES string of the molecule is Cc1nnc(COc2cnc(/C(F)=C/c3ccc(F)c(C4CS(=O)C(C)(C)C(N)=N4)c3)cn2)o1. The molecule has 0 saturated carbocycles. The molecule has 1 aliphatic rings. The third-order valence-electron chi connectivity index (χ3n) is 5.25. The molecule has 3 aromatic rings. The summed E-state index contributed by atoms with van der Waals surface area (Å²) < 4.78 is 51.7. The number of benzene rings is 1. The summed E-state index contributed by atoms with van der Waals surface area (Å²) >= 11 is 0. The van der Waals surface area contributed by atoms with Gasteiger partial charge in [0.05, 0.1) is 28.9 Å². The van der Waals surface area contributed by atoms with Crippen molar-refractivity contribution in [3.05, 3.63) is 65.0 Å². The highest BCUT2D eigenvalue weighted by molar-refractivity contribution is 7.87. The number of amidine groups is 1. The fraction of sp³-hybridized carbons (Fsp3) is 0.318. The summed E-state index contributed by atoms with van der Waals surface area (Å²) in [4.78, 5) is 12.4. The van der Waals surface area contributed by atoms with Gasteiger partial charge in [0, 0.05) is 23.3 Å². The van der Waals surface area contributed by atoms with E-state index in [-0.39, 0.29) is 41.2 Å². The molecule has 0 spiro atoms. The van der Waals surface area contributed by atoms with Gasteiger partial charge in [-0.15, -0.1) is 10.2 Å². The number of aryl methyl sites for hydroxylation is 1. The molecule has 1 aromatic carbocycles. The molecule has 2 aromatic heterocycles. The summed E-state index contributed by atoms with van der Waals surface area (Å²) in [6.45, 7) is 5.12. The van der Waals surface area contributed by atoms with E-state index in [0.29, 0.717) is 11.5 Å². The van der Waals surface area contributed by atoms with Crippen LogP contribution >= 0.6 is 0 Å². The molecule has 178 valence electrons. The quantitative estimate of drug-likeness (QED) is 0.560. The van der Waals surface area contributed by atoms with Crippen LogP contribution in [0.5, 0.6) is 5.88 Å². The predicted octanol–water partition coefficient (Wildman–Crippen LogP) is 3.29. The lowest BCUT2D eigenvalue weighted by Crippen LogP contribution is -2.47. The third kappa shape index (κ3) is 5.01. The topological polar surface area (TPSA) is 129 Å². The van der Waals surface area contributed by atoms with Crippen molar-refractivity contribution in [2.75, 3.05) is 5.75 Å². The number of nitrogens with zero attached hydrogens (tertiary/aromatic N) is 5. The zero-order valence-electron chi connectivity index (χ0n) is 18.7. The molecule has 12 heteroatoms. The van der Waals surface area contributed by atoms with E-state index < -0.39 is 33.2 Å². The summed E-state index contributed by atoms with van der Waals surface area (Å²) in [6, 6.07) is 3.38. The molecular weight excluding hydrogens is 466 g/mol. The first-order valence-electron chi connectivity index (χ1n) is 10.3. The van der Waals surface area contributed by atoms with Crippen LogP contribution in [0.1, 0.15) is 48.5 Å². The van der Waals surface area contributed by atoms with Gasteiger partial charge in [-0.1, -0.05) is 6.07 Å². The Bertz CT molecular complexity index is 1290. The van der Waals surface area contributed by atoms with Crippen LogP contribution in [-0.2, 0) is 17.4 Å². The highest BCUT2D eigenvalue weighted by atomic mass is 32.2. The maximum Gasteiger partial charge on any atom is 0.253 e. The van der Waals surface area contributed by atoms with Crippen molar-refractivity contribution in [3.8, 4) is 5.88 Å². The summed E-state index contributed by atoms with van der Waals surface area (Å²) in [6.07, 6.45) is 3.67. The van der Waals surface area contributed by atoms with Gasteiger partial charge in [-0.05, 0) is 37.6 Å². The van der Waals surface area contributed by atoms with E-state index in [1.165, 1.54) is 36.7 Å². The van der Waals surface area contributed by atoms with E-state index in [0.717, 1.165) is 0 Å². The molecule has 0 fully saturated rings. The minimum atomic E-state index is -1.34. The molecule has 2 atom stereocenters. The zero-order chi connectivity index (χ0) is 24.5. The molecular formula is C22H22F2N6O3S. The Morgan fingerprint density at radius 1 is 1.32 bits per heavy atom. The maximum atomic E-state index is 14.8. The molecule has 2 unspecified atom stereocenters. The third-order valence-corrected chi connectivity index (χ3v) is 7.21. The second kappa shape index (κ2) is 9.37. The monoisotopic (exact) mass is 488 g/mol. The maximum absolute atomic E-state index is 14.8. The molecule has 4 rings (SSSR count). The van der Waals surface area contributed by atoms with Crippen molar-refractivity contribution < 1.29 is 22.1 Å². The van der Waals surface area contributed by atoms with Crippen molar-refractivity contribution >= 4 is 28.5 Å². The van der Waals surface area contributed by atoms with E-state index in [2.05, 4.69) is 25.2 Å². The number of hydrogen-bond donors (Lipinski definition) is 1. The van der Waals surface area contributed by atoms with Gasteiger partial charge >= 0.3 is 0 Å². The Labute approximate surface area is 196 Å². The van der Waals surface area contributed by atoms with Gasteiger partial charge in [0.1, 0.15) is 17.3 Å². The first-order chi connectivity index (χ1) is 16.1.